The van der Waals surface area contributed by atoms with Gasteiger partial charge in [0.2, 0.25) is 0 Å². The van der Waals surface area contributed by atoms with Crippen molar-refractivity contribution in [2.45, 2.75) is 46.5 Å². The molecule has 3 rings (SSSR count). The first-order chi connectivity index (χ1) is 15.9. The van der Waals surface area contributed by atoms with Gasteiger partial charge in [-0.1, -0.05) is 50.7 Å². The van der Waals surface area contributed by atoms with Crippen LogP contribution in [-0.2, 0) is 7.05 Å². The molecule has 3 heterocycles. The third kappa shape index (κ3) is 6.07. The van der Waals surface area contributed by atoms with Crippen molar-refractivity contribution in [3.05, 3.63) is 47.3 Å². The third-order valence-electron chi connectivity index (χ3n) is 5.05. The van der Waals surface area contributed by atoms with Crippen molar-refractivity contribution in [3.8, 4) is 0 Å². The summed E-state index contributed by atoms with van der Waals surface area (Å²) in [5.74, 6) is -1.45. The maximum atomic E-state index is 14.2. The number of nitrogen functional groups attached to an aromatic ring is 1. The summed E-state index contributed by atoms with van der Waals surface area (Å²) in [6, 6.07) is 0. The zero-order valence-corrected chi connectivity index (χ0v) is 20.4. The largest absolute Gasteiger partial charge is 0.389 e. The number of nitrogens with two attached hydrogens (primary N) is 1. The van der Waals surface area contributed by atoms with Crippen LogP contribution in [0.3, 0.4) is 0 Å². The van der Waals surface area contributed by atoms with E-state index in [9.17, 15) is 13.6 Å². The molecule has 33 heavy (non-hydrogen) atoms. The molecule has 0 saturated carbocycles. The van der Waals surface area contributed by atoms with Crippen LogP contribution >= 0.6 is 11.3 Å². The van der Waals surface area contributed by atoms with Crippen molar-refractivity contribution in [2.75, 3.05) is 29.0 Å². The third-order valence-corrected chi connectivity index (χ3v) is 5.96. The van der Waals surface area contributed by atoms with E-state index in [-0.39, 0.29) is 21.3 Å². The van der Waals surface area contributed by atoms with Gasteiger partial charge in [0.15, 0.2) is 11.5 Å². The molecule has 10 heteroatoms. The predicted molar refractivity (Wildman–Crippen MR) is 133 cm³/mol. The van der Waals surface area contributed by atoms with E-state index < -0.39 is 17.6 Å². The molecule has 2 aromatic rings. The van der Waals surface area contributed by atoms with Gasteiger partial charge >= 0.3 is 0 Å². The highest BCUT2D eigenvalue weighted by molar-refractivity contribution is 7.17. The first-order valence-corrected chi connectivity index (χ1v) is 11.9. The number of allylic oxidation sites excluding steroid dienone is 5. The molecule has 1 saturated heterocycles. The molecule has 1 aliphatic rings. The molecule has 0 spiro atoms. The Kier molecular flexibility index (Phi) is 9.77. The fraction of sp³-hybridized carbons (Fsp3) is 0.435. The van der Waals surface area contributed by atoms with E-state index in [0.717, 1.165) is 55.2 Å². The minimum Gasteiger partial charge on any atom is -0.389 e. The van der Waals surface area contributed by atoms with Crippen molar-refractivity contribution >= 4 is 39.3 Å². The van der Waals surface area contributed by atoms with E-state index in [1.165, 1.54) is 19.8 Å². The van der Waals surface area contributed by atoms with E-state index in [4.69, 9.17) is 5.73 Å². The molecule has 2 aromatic heterocycles. The molecule has 0 aliphatic carbocycles. The number of amides is 1. The van der Waals surface area contributed by atoms with Crippen LogP contribution in [0.5, 0.6) is 0 Å². The smallest absolute Gasteiger partial charge is 0.277 e. The number of carbonyl (C=O) groups is 1. The van der Waals surface area contributed by atoms with Gasteiger partial charge < -0.3 is 16.0 Å². The van der Waals surface area contributed by atoms with Crippen LogP contribution in [-0.4, -0.2) is 33.8 Å². The number of hydrogen-bond donors (Lipinski definition) is 2. The normalized spacial score (nSPS) is 15.2. The van der Waals surface area contributed by atoms with E-state index >= 15 is 0 Å². The molecule has 7 nitrogen and oxygen atoms in total. The van der Waals surface area contributed by atoms with Gasteiger partial charge in [0, 0.05) is 20.1 Å². The molecule has 0 atom stereocenters. The molecule has 0 unspecified atom stereocenters. The van der Waals surface area contributed by atoms with Gasteiger partial charge in [0.25, 0.3) is 5.91 Å². The van der Waals surface area contributed by atoms with Crippen LogP contribution in [0.25, 0.3) is 5.57 Å². The van der Waals surface area contributed by atoms with E-state index in [0.29, 0.717) is 5.69 Å². The molecule has 180 valence electrons. The lowest BCUT2D eigenvalue weighted by atomic mass is 10.2. The van der Waals surface area contributed by atoms with Crippen LogP contribution < -0.4 is 16.0 Å². The van der Waals surface area contributed by atoms with Gasteiger partial charge in [-0.05, 0) is 25.8 Å². The molecular formula is C23H32F2N6OS. The van der Waals surface area contributed by atoms with Crippen molar-refractivity contribution in [3.63, 3.8) is 0 Å². The van der Waals surface area contributed by atoms with Gasteiger partial charge in [-0.2, -0.15) is 5.10 Å². The zero-order valence-electron chi connectivity index (χ0n) is 19.6. The number of anilines is 3. The van der Waals surface area contributed by atoms with Gasteiger partial charge in [-0.15, -0.1) is 0 Å². The quantitative estimate of drug-likeness (QED) is 0.508. The van der Waals surface area contributed by atoms with Crippen LogP contribution in [0.4, 0.5) is 25.3 Å². The number of carbonyl (C=O) groups excluding carboxylic acids is 1. The average molecular weight is 479 g/mol. The molecule has 0 radical (unpaired) electrons. The van der Waals surface area contributed by atoms with Crippen LogP contribution in [0.1, 0.15) is 62.0 Å². The summed E-state index contributed by atoms with van der Waals surface area (Å²) in [6.07, 6.45) is 8.06. The predicted octanol–water partition coefficient (Wildman–Crippen LogP) is 5.86. The number of nitrogens with zero attached hydrogens (tertiary/aromatic N) is 4. The van der Waals surface area contributed by atoms with Crippen molar-refractivity contribution in [2.24, 2.45) is 7.05 Å². The number of halogens is 2. The lowest BCUT2D eigenvalue weighted by Gasteiger charge is -2.23. The standard InChI is InChI=1S/C21H26F2N6OS.C2H6/c1-4-13(22)16(14(23)5-2)20-27-17(18(24)31-20)19(30)26-15-12-25-28(3)21(15)29-10-8-6-7-9-11-29;1-2/h4-5,12H,1,6-11,24H2,2-3H3,(H,26,30);1-2H3/b14-5+,16-13-;. The molecule has 1 aliphatic heterocycles. The van der Waals surface area contributed by atoms with Crippen molar-refractivity contribution < 1.29 is 13.6 Å². The summed E-state index contributed by atoms with van der Waals surface area (Å²) in [6.45, 7) is 10.5. The Hall–Kier alpha value is -3.01. The summed E-state index contributed by atoms with van der Waals surface area (Å²) in [4.78, 5) is 19.2. The Labute approximate surface area is 197 Å². The molecule has 1 fully saturated rings. The highest BCUT2D eigenvalue weighted by Crippen LogP contribution is 2.35. The summed E-state index contributed by atoms with van der Waals surface area (Å²) in [5.41, 5.74) is 6.04. The number of aromatic nitrogens is 3. The second-order valence-electron chi connectivity index (χ2n) is 7.16. The lowest BCUT2D eigenvalue weighted by Crippen LogP contribution is -2.27. The Bertz CT molecular complexity index is 1030. The van der Waals surface area contributed by atoms with Crippen LogP contribution in [0.15, 0.2) is 36.6 Å². The minimum atomic E-state index is -0.882. The van der Waals surface area contributed by atoms with Gasteiger partial charge in [0.05, 0.1) is 11.8 Å². The Morgan fingerprint density at radius 3 is 2.45 bits per heavy atom. The topological polar surface area (TPSA) is 89.1 Å². The fourth-order valence-corrected chi connectivity index (χ4v) is 4.40. The molecule has 3 N–H and O–H groups in total. The Morgan fingerprint density at radius 2 is 1.88 bits per heavy atom. The van der Waals surface area contributed by atoms with Crippen LogP contribution in [0.2, 0.25) is 0 Å². The number of hydrogen-bond acceptors (Lipinski definition) is 6. The second-order valence-corrected chi connectivity index (χ2v) is 8.19. The summed E-state index contributed by atoms with van der Waals surface area (Å²) in [5, 5.41) is 7.11. The SMILES string of the molecule is C=C/C(F)=C(\C(F)=C/C)c1nc(C(=O)Nc2cnn(C)c2N2CCCCCC2)c(N)s1.CC. The van der Waals surface area contributed by atoms with E-state index in [1.54, 1.807) is 10.9 Å². The van der Waals surface area contributed by atoms with Gasteiger partial charge in [-0.3, -0.25) is 9.48 Å². The molecular weight excluding hydrogens is 446 g/mol. The first-order valence-electron chi connectivity index (χ1n) is 11.1. The number of nitrogens with one attached hydrogen (secondary N) is 1. The van der Waals surface area contributed by atoms with E-state index in [1.807, 2.05) is 20.9 Å². The second kappa shape index (κ2) is 12.3. The highest BCUT2D eigenvalue weighted by Gasteiger charge is 2.25. The summed E-state index contributed by atoms with van der Waals surface area (Å²) >= 11 is 0.837. The maximum Gasteiger partial charge on any atom is 0.277 e. The summed E-state index contributed by atoms with van der Waals surface area (Å²) < 4.78 is 30.1. The zero-order chi connectivity index (χ0) is 24.5. The number of thiazole rings is 1. The number of rotatable bonds is 6. The van der Waals surface area contributed by atoms with Gasteiger partial charge in [0.1, 0.15) is 27.3 Å². The molecule has 1 amide bonds. The van der Waals surface area contributed by atoms with Crippen molar-refractivity contribution in [1.29, 1.82) is 0 Å². The maximum absolute atomic E-state index is 14.2. The molecule has 0 bridgehead atoms. The molecule has 0 aromatic carbocycles. The summed E-state index contributed by atoms with van der Waals surface area (Å²) in [7, 11) is 1.82. The monoisotopic (exact) mass is 478 g/mol. The average Bonchev–Trinajstić information content (AvgIpc) is 3.25. The van der Waals surface area contributed by atoms with Crippen LogP contribution in [0, 0.1) is 0 Å². The highest BCUT2D eigenvalue weighted by atomic mass is 32.1. The number of aryl methyl sites for hydroxylation is 1. The van der Waals surface area contributed by atoms with E-state index in [2.05, 4.69) is 26.9 Å². The first kappa shape index (κ1) is 26.2. The fourth-order valence-electron chi connectivity index (χ4n) is 3.52. The van der Waals surface area contributed by atoms with Gasteiger partial charge in [-0.25, -0.2) is 13.8 Å². The van der Waals surface area contributed by atoms with Crippen molar-refractivity contribution in [1.82, 2.24) is 14.8 Å². The Balaban J connectivity index is 0.00000187. The Morgan fingerprint density at radius 1 is 1.24 bits per heavy atom. The lowest BCUT2D eigenvalue weighted by molar-refractivity contribution is 0.102. The minimum absolute atomic E-state index is 0.0328.